The Morgan fingerprint density at radius 2 is 1.67 bits per heavy atom. The molecular weight excluding hydrogens is 358 g/mol. The first-order valence-electron chi connectivity index (χ1n) is 8.61. The van der Waals surface area contributed by atoms with E-state index >= 15 is 0 Å². The lowest BCUT2D eigenvalue weighted by molar-refractivity contribution is 0.580. The number of sulfonamides is 1. The van der Waals surface area contributed by atoms with Gasteiger partial charge in [-0.1, -0.05) is 42.5 Å². The van der Waals surface area contributed by atoms with Gasteiger partial charge < -0.3 is 4.40 Å². The number of imidazole rings is 1. The summed E-state index contributed by atoms with van der Waals surface area (Å²) < 4.78 is 29.7. The van der Waals surface area contributed by atoms with E-state index in [0.717, 1.165) is 22.3 Å². The second kappa shape index (κ2) is 6.98. The van der Waals surface area contributed by atoms with Crippen LogP contribution in [0.4, 0.5) is 0 Å². The summed E-state index contributed by atoms with van der Waals surface area (Å²) in [5.74, 6) is 0. The van der Waals surface area contributed by atoms with Gasteiger partial charge in [0.15, 0.2) is 0 Å². The maximum atomic E-state index is 12.6. The summed E-state index contributed by atoms with van der Waals surface area (Å²) in [6, 6.07) is 20.7. The third kappa shape index (κ3) is 3.77. The first-order valence-corrected chi connectivity index (χ1v) is 10.1. The lowest BCUT2D eigenvalue weighted by Crippen LogP contribution is -2.23. The van der Waals surface area contributed by atoms with Crippen LogP contribution in [-0.2, 0) is 16.6 Å². The highest BCUT2D eigenvalue weighted by Gasteiger charge is 2.14. The third-order valence-electron chi connectivity index (χ3n) is 4.38. The van der Waals surface area contributed by atoms with Gasteiger partial charge in [-0.05, 0) is 47.9 Å². The van der Waals surface area contributed by atoms with Crippen molar-refractivity contribution in [2.45, 2.75) is 18.4 Å². The number of hydrogen-bond acceptors (Lipinski definition) is 3. The number of nitrogens with zero attached hydrogens (tertiary/aromatic N) is 2. The van der Waals surface area contributed by atoms with E-state index in [0.29, 0.717) is 5.69 Å². The minimum Gasteiger partial charge on any atom is -0.307 e. The molecule has 0 aliphatic carbocycles. The quantitative estimate of drug-likeness (QED) is 0.576. The molecule has 0 aliphatic heterocycles. The van der Waals surface area contributed by atoms with Crippen LogP contribution in [-0.4, -0.2) is 17.8 Å². The molecule has 0 amide bonds. The highest BCUT2D eigenvalue weighted by molar-refractivity contribution is 7.89. The Balaban J connectivity index is 1.50. The number of hydrogen-bond donors (Lipinski definition) is 1. The van der Waals surface area contributed by atoms with Crippen molar-refractivity contribution in [2.24, 2.45) is 0 Å². The molecule has 0 saturated heterocycles. The lowest BCUT2D eigenvalue weighted by atomic mass is 10.1. The van der Waals surface area contributed by atoms with E-state index in [4.69, 9.17) is 0 Å². The van der Waals surface area contributed by atoms with Crippen molar-refractivity contribution < 1.29 is 8.42 Å². The fourth-order valence-corrected chi connectivity index (χ4v) is 3.93. The topological polar surface area (TPSA) is 63.5 Å². The van der Waals surface area contributed by atoms with Crippen LogP contribution in [0.5, 0.6) is 0 Å². The van der Waals surface area contributed by atoms with Gasteiger partial charge in [0.05, 0.1) is 17.1 Å². The molecular formula is C21H19N3O2S. The summed E-state index contributed by atoms with van der Waals surface area (Å²) in [5, 5.41) is 0. The molecule has 0 spiro atoms. The Labute approximate surface area is 158 Å². The third-order valence-corrected chi connectivity index (χ3v) is 5.80. The second-order valence-corrected chi connectivity index (χ2v) is 8.18. The van der Waals surface area contributed by atoms with Crippen molar-refractivity contribution in [1.29, 1.82) is 0 Å². The SMILES string of the molecule is Cc1ccn2cc(CNS(=O)(=O)c3ccc(-c4ccccc4)cc3)nc2c1. The van der Waals surface area contributed by atoms with E-state index in [2.05, 4.69) is 9.71 Å². The molecule has 4 rings (SSSR count). The van der Waals surface area contributed by atoms with E-state index in [-0.39, 0.29) is 11.4 Å². The van der Waals surface area contributed by atoms with Crippen LogP contribution in [0.25, 0.3) is 16.8 Å². The summed E-state index contributed by atoms with van der Waals surface area (Å²) in [6.45, 7) is 2.14. The Hall–Kier alpha value is -2.96. The maximum absolute atomic E-state index is 12.6. The van der Waals surface area contributed by atoms with E-state index in [1.165, 1.54) is 0 Å². The van der Waals surface area contributed by atoms with Crippen molar-refractivity contribution in [2.75, 3.05) is 0 Å². The molecule has 2 heterocycles. The molecule has 6 heteroatoms. The monoisotopic (exact) mass is 377 g/mol. The van der Waals surface area contributed by atoms with Crippen molar-refractivity contribution in [1.82, 2.24) is 14.1 Å². The summed E-state index contributed by atoms with van der Waals surface area (Å²) in [6.07, 6.45) is 3.74. The lowest BCUT2D eigenvalue weighted by Gasteiger charge is -2.07. The van der Waals surface area contributed by atoms with Crippen molar-refractivity contribution in [3.63, 3.8) is 0 Å². The molecule has 1 N–H and O–H groups in total. The largest absolute Gasteiger partial charge is 0.307 e. The first kappa shape index (κ1) is 17.5. The van der Waals surface area contributed by atoms with Crippen molar-refractivity contribution in [3.05, 3.63) is 90.4 Å². The summed E-state index contributed by atoms with van der Waals surface area (Å²) in [7, 11) is -3.60. The maximum Gasteiger partial charge on any atom is 0.240 e. The van der Waals surface area contributed by atoms with E-state index in [1.54, 1.807) is 12.1 Å². The van der Waals surface area contributed by atoms with Crippen LogP contribution in [0.1, 0.15) is 11.3 Å². The summed E-state index contributed by atoms with van der Waals surface area (Å²) in [5.41, 5.74) is 4.61. The molecule has 0 aliphatic rings. The molecule has 0 unspecified atom stereocenters. The Morgan fingerprint density at radius 3 is 2.41 bits per heavy atom. The molecule has 4 aromatic rings. The standard InChI is InChI=1S/C21H19N3O2S/c1-16-11-12-24-15-19(23-21(24)13-16)14-22-27(25,26)20-9-7-18(8-10-20)17-5-3-2-4-6-17/h2-13,15,22H,14H2,1H3. The predicted molar refractivity (Wildman–Crippen MR) is 106 cm³/mol. The van der Waals surface area contributed by atoms with Gasteiger partial charge >= 0.3 is 0 Å². The minimum atomic E-state index is -3.60. The van der Waals surface area contributed by atoms with Crippen molar-refractivity contribution in [3.8, 4) is 11.1 Å². The first-order chi connectivity index (χ1) is 13.0. The summed E-state index contributed by atoms with van der Waals surface area (Å²) in [4.78, 5) is 4.70. The van der Waals surface area contributed by atoms with Gasteiger partial charge in [0.25, 0.3) is 0 Å². The Bertz CT molecular complexity index is 1180. The fourth-order valence-electron chi connectivity index (χ4n) is 2.93. The van der Waals surface area contributed by atoms with Gasteiger partial charge in [0, 0.05) is 12.4 Å². The number of aryl methyl sites for hydroxylation is 1. The van der Waals surface area contributed by atoms with Gasteiger partial charge in [0.2, 0.25) is 10.0 Å². The van der Waals surface area contributed by atoms with Gasteiger partial charge in [0.1, 0.15) is 5.65 Å². The van der Waals surface area contributed by atoms with E-state index < -0.39 is 10.0 Å². The normalized spacial score (nSPS) is 11.7. The average Bonchev–Trinajstić information content (AvgIpc) is 3.09. The van der Waals surface area contributed by atoms with Gasteiger partial charge in [-0.3, -0.25) is 0 Å². The molecule has 27 heavy (non-hydrogen) atoms. The van der Waals surface area contributed by atoms with Gasteiger partial charge in [-0.15, -0.1) is 0 Å². The number of pyridine rings is 1. The number of fused-ring (bicyclic) bond motifs is 1. The predicted octanol–water partition coefficient (Wildman–Crippen LogP) is 3.79. The molecule has 0 fully saturated rings. The smallest absolute Gasteiger partial charge is 0.240 e. The highest BCUT2D eigenvalue weighted by atomic mass is 32.2. The van der Waals surface area contributed by atoms with Crippen LogP contribution in [0.2, 0.25) is 0 Å². The number of benzene rings is 2. The Kier molecular flexibility index (Phi) is 4.51. The Morgan fingerprint density at radius 1 is 0.963 bits per heavy atom. The van der Waals surface area contributed by atoms with Crippen LogP contribution in [0.15, 0.2) is 84.0 Å². The zero-order valence-electron chi connectivity index (χ0n) is 14.8. The van der Waals surface area contributed by atoms with Crippen LogP contribution in [0, 0.1) is 6.92 Å². The number of aromatic nitrogens is 2. The summed E-state index contributed by atoms with van der Waals surface area (Å²) >= 11 is 0. The van der Waals surface area contributed by atoms with E-state index in [1.807, 2.05) is 78.3 Å². The second-order valence-electron chi connectivity index (χ2n) is 6.42. The molecule has 0 bridgehead atoms. The van der Waals surface area contributed by atoms with Gasteiger partial charge in [-0.2, -0.15) is 0 Å². The zero-order valence-corrected chi connectivity index (χ0v) is 15.6. The van der Waals surface area contributed by atoms with Crippen molar-refractivity contribution >= 4 is 15.7 Å². The molecule has 2 aromatic heterocycles. The van der Waals surface area contributed by atoms with Crippen LogP contribution in [0.3, 0.4) is 0 Å². The number of nitrogens with one attached hydrogen (secondary N) is 1. The minimum absolute atomic E-state index is 0.142. The molecule has 0 saturated carbocycles. The van der Waals surface area contributed by atoms with E-state index in [9.17, 15) is 8.42 Å². The molecule has 136 valence electrons. The fraction of sp³-hybridized carbons (Fsp3) is 0.0952. The van der Waals surface area contributed by atoms with Gasteiger partial charge in [-0.25, -0.2) is 18.1 Å². The highest BCUT2D eigenvalue weighted by Crippen LogP contribution is 2.21. The molecule has 2 aromatic carbocycles. The van der Waals surface area contributed by atoms with Crippen LogP contribution >= 0.6 is 0 Å². The zero-order chi connectivity index (χ0) is 18.9. The average molecular weight is 377 g/mol. The number of rotatable bonds is 5. The molecule has 0 atom stereocenters. The molecule has 5 nitrogen and oxygen atoms in total. The van der Waals surface area contributed by atoms with Crippen LogP contribution < -0.4 is 4.72 Å². The molecule has 0 radical (unpaired) electrons.